The van der Waals surface area contributed by atoms with Crippen LogP contribution < -0.4 is 9.47 Å². The summed E-state index contributed by atoms with van der Waals surface area (Å²) in [6.45, 7) is 1.74. The van der Waals surface area contributed by atoms with Gasteiger partial charge in [0.25, 0.3) is 0 Å². The minimum atomic E-state index is -0.501. The molecular weight excluding hydrogens is 312 g/mol. The first-order valence-corrected chi connectivity index (χ1v) is 7.07. The highest BCUT2D eigenvalue weighted by Crippen LogP contribution is 2.28. The summed E-state index contributed by atoms with van der Waals surface area (Å²) in [4.78, 5) is 11.7. The quantitative estimate of drug-likeness (QED) is 0.569. The van der Waals surface area contributed by atoms with Gasteiger partial charge in [0.05, 0.1) is 7.11 Å². The van der Waals surface area contributed by atoms with Crippen LogP contribution in [0, 0.1) is 18.3 Å². The van der Waals surface area contributed by atoms with Crippen molar-refractivity contribution in [2.24, 2.45) is 0 Å². The standard InChI is InChI=1S/C17H16N2O5/c1-12-9-14(19-24-12)11-23-17(20)6-4-13-3-5-15(22-8-7-18)16(10-13)21-2/h3-6,9-10H,8,11H2,1-2H3/b6-4+. The summed E-state index contributed by atoms with van der Waals surface area (Å²) in [5, 5.41) is 12.3. The SMILES string of the molecule is COc1cc(/C=C/C(=O)OCc2cc(C)on2)ccc1OCC#N. The Morgan fingerprint density at radius 1 is 1.38 bits per heavy atom. The van der Waals surface area contributed by atoms with E-state index in [1.54, 1.807) is 37.3 Å². The molecule has 0 aliphatic rings. The van der Waals surface area contributed by atoms with Crippen molar-refractivity contribution in [3.05, 3.63) is 47.4 Å². The van der Waals surface area contributed by atoms with Crippen molar-refractivity contribution in [2.75, 3.05) is 13.7 Å². The van der Waals surface area contributed by atoms with Gasteiger partial charge in [-0.05, 0) is 30.7 Å². The van der Waals surface area contributed by atoms with Gasteiger partial charge in [-0.3, -0.25) is 0 Å². The van der Waals surface area contributed by atoms with Gasteiger partial charge in [0.1, 0.15) is 24.1 Å². The Balaban J connectivity index is 1.95. The number of ether oxygens (including phenoxy) is 3. The molecule has 124 valence electrons. The first kappa shape index (κ1) is 17.1. The van der Waals surface area contributed by atoms with E-state index in [1.807, 2.05) is 6.07 Å². The van der Waals surface area contributed by atoms with E-state index in [2.05, 4.69) is 5.16 Å². The molecule has 7 heteroatoms. The van der Waals surface area contributed by atoms with Crippen LogP contribution in [0.1, 0.15) is 17.0 Å². The van der Waals surface area contributed by atoms with E-state index in [-0.39, 0.29) is 13.2 Å². The Kier molecular flexibility index (Phi) is 5.97. The fraction of sp³-hybridized carbons (Fsp3) is 0.235. The van der Waals surface area contributed by atoms with Crippen molar-refractivity contribution in [1.29, 1.82) is 5.26 Å². The van der Waals surface area contributed by atoms with Crippen molar-refractivity contribution in [1.82, 2.24) is 5.16 Å². The molecule has 1 aromatic heterocycles. The molecule has 1 aromatic carbocycles. The van der Waals surface area contributed by atoms with Crippen LogP contribution in [0.25, 0.3) is 6.08 Å². The third-order valence-electron chi connectivity index (χ3n) is 2.93. The molecule has 0 saturated heterocycles. The van der Waals surface area contributed by atoms with E-state index < -0.39 is 5.97 Å². The van der Waals surface area contributed by atoms with E-state index >= 15 is 0 Å². The highest BCUT2D eigenvalue weighted by molar-refractivity contribution is 5.87. The van der Waals surface area contributed by atoms with Crippen LogP contribution in [0.4, 0.5) is 0 Å². The number of methoxy groups -OCH3 is 1. The molecule has 0 atom stereocenters. The fourth-order valence-corrected chi connectivity index (χ4v) is 1.86. The zero-order valence-corrected chi connectivity index (χ0v) is 13.3. The smallest absolute Gasteiger partial charge is 0.331 e. The van der Waals surface area contributed by atoms with Gasteiger partial charge in [0.15, 0.2) is 18.1 Å². The van der Waals surface area contributed by atoms with Crippen molar-refractivity contribution < 1.29 is 23.5 Å². The van der Waals surface area contributed by atoms with Gasteiger partial charge < -0.3 is 18.7 Å². The van der Waals surface area contributed by atoms with Crippen LogP contribution in [0.2, 0.25) is 0 Å². The number of hydrogen-bond donors (Lipinski definition) is 0. The molecule has 1 heterocycles. The maximum Gasteiger partial charge on any atom is 0.331 e. The lowest BCUT2D eigenvalue weighted by atomic mass is 10.2. The van der Waals surface area contributed by atoms with Crippen molar-refractivity contribution in [2.45, 2.75) is 13.5 Å². The lowest BCUT2D eigenvalue weighted by Gasteiger charge is -2.08. The normalized spacial score (nSPS) is 10.4. The molecule has 0 spiro atoms. The molecule has 7 nitrogen and oxygen atoms in total. The summed E-state index contributed by atoms with van der Waals surface area (Å²) in [6.07, 6.45) is 2.89. The minimum Gasteiger partial charge on any atom is -0.493 e. The van der Waals surface area contributed by atoms with Crippen LogP contribution in [0.15, 0.2) is 34.9 Å². The summed E-state index contributed by atoms with van der Waals surface area (Å²) in [6, 6.07) is 8.68. The molecule has 0 unspecified atom stereocenters. The number of aromatic nitrogens is 1. The number of nitrogens with zero attached hydrogens (tertiary/aromatic N) is 2. The summed E-state index contributed by atoms with van der Waals surface area (Å²) in [5.41, 5.74) is 1.28. The minimum absolute atomic E-state index is 0.0464. The highest BCUT2D eigenvalue weighted by atomic mass is 16.5. The Bertz CT molecular complexity index is 774. The van der Waals surface area contributed by atoms with Gasteiger partial charge >= 0.3 is 5.97 Å². The van der Waals surface area contributed by atoms with Gasteiger partial charge in [-0.15, -0.1) is 0 Å². The molecule has 0 aliphatic carbocycles. The second kappa shape index (κ2) is 8.39. The molecule has 0 bridgehead atoms. The van der Waals surface area contributed by atoms with Crippen LogP contribution in [-0.2, 0) is 16.1 Å². The average Bonchev–Trinajstić information content (AvgIpc) is 3.02. The Hall–Kier alpha value is -3.27. The van der Waals surface area contributed by atoms with Crippen molar-refractivity contribution in [3.8, 4) is 17.6 Å². The monoisotopic (exact) mass is 328 g/mol. The molecule has 0 aliphatic heterocycles. The molecule has 0 N–H and O–H groups in total. The van der Waals surface area contributed by atoms with E-state index in [1.165, 1.54) is 13.2 Å². The van der Waals surface area contributed by atoms with E-state index in [0.717, 1.165) is 5.56 Å². The Labute approximate surface area is 139 Å². The summed E-state index contributed by atoms with van der Waals surface area (Å²) in [5.74, 6) is 1.08. The molecule has 2 aromatic rings. The van der Waals surface area contributed by atoms with Crippen LogP contribution in [0.3, 0.4) is 0 Å². The van der Waals surface area contributed by atoms with E-state index in [9.17, 15) is 4.79 Å². The molecule has 0 amide bonds. The predicted molar refractivity (Wildman–Crippen MR) is 84.2 cm³/mol. The summed E-state index contributed by atoms with van der Waals surface area (Å²) >= 11 is 0. The molecule has 0 radical (unpaired) electrons. The van der Waals surface area contributed by atoms with Gasteiger partial charge in [0.2, 0.25) is 0 Å². The maximum absolute atomic E-state index is 11.7. The van der Waals surface area contributed by atoms with E-state index in [4.69, 9.17) is 24.0 Å². The number of carbonyl (C=O) groups is 1. The molecule has 24 heavy (non-hydrogen) atoms. The zero-order valence-electron chi connectivity index (χ0n) is 13.3. The van der Waals surface area contributed by atoms with Crippen molar-refractivity contribution in [3.63, 3.8) is 0 Å². The number of rotatable bonds is 7. The fourth-order valence-electron chi connectivity index (χ4n) is 1.86. The van der Waals surface area contributed by atoms with Gasteiger partial charge in [-0.25, -0.2) is 4.79 Å². The van der Waals surface area contributed by atoms with Crippen LogP contribution in [0.5, 0.6) is 11.5 Å². The number of nitriles is 1. The summed E-state index contributed by atoms with van der Waals surface area (Å²) < 4.78 is 20.4. The second-order valence-electron chi connectivity index (χ2n) is 4.73. The third-order valence-corrected chi connectivity index (χ3v) is 2.93. The summed E-state index contributed by atoms with van der Waals surface area (Å²) in [7, 11) is 1.50. The van der Waals surface area contributed by atoms with Gasteiger partial charge in [-0.2, -0.15) is 5.26 Å². The maximum atomic E-state index is 11.7. The number of aryl methyl sites for hydroxylation is 1. The topological polar surface area (TPSA) is 94.6 Å². The van der Waals surface area contributed by atoms with Gasteiger partial charge in [0, 0.05) is 12.1 Å². The Morgan fingerprint density at radius 2 is 2.21 bits per heavy atom. The van der Waals surface area contributed by atoms with Crippen LogP contribution in [-0.4, -0.2) is 24.8 Å². The largest absolute Gasteiger partial charge is 0.493 e. The predicted octanol–water partition coefficient (Wildman–Crippen LogP) is 2.65. The molecular formula is C17H16N2O5. The molecule has 2 rings (SSSR count). The molecule has 0 fully saturated rings. The third kappa shape index (κ3) is 4.88. The van der Waals surface area contributed by atoms with E-state index in [0.29, 0.717) is 23.0 Å². The first-order chi connectivity index (χ1) is 11.6. The average molecular weight is 328 g/mol. The lowest BCUT2D eigenvalue weighted by molar-refractivity contribution is -0.139. The number of benzene rings is 1. The second-order valence-corrected chi connectivity index (χ2v) is 4.73. The number of carbonyl (C=O) groups excluding carboxylic acids is 1. The number of hydrogen-bond acceptors (Lipinski definition) is 7. The van der Waals surface area contributed by atoms with Gasteiger partial charge in [-0.1, -0.05) is 11.2 Å². The Morgan fingerprint density at radius 3 is 2.88 bits per heavy atom. The first-order valence-electron chi connectivity index (χ1n) is 7.07. The lowest BCUT2D eigenvalue weighted by Crippen LogP contribution is -2.01. The zero-order chi connectivity index (χ0) is 17.4. The molecule has 0 saturated carbocycles. The van der Waals surface area contributed by atoms with Crippen molar-refractivity contribution >= 4 is 12.0 Å². The highest BCUT2D eigenvalue weighted by Gasteiger charge is 2.06. The van der Waals surface area contributed by atoms with Crippen LogP contribution >= 0.6 is 0 Å². The number of esters is 1.